The lowest BCUT2D eigenvalue weighted by molar-refractivity contribution is 0.0647. The molecule has 1 saturated carbocycles. The summed E-state index contributed by atoms with van der Waals surface area (Å²) in [5.41, 5.74) is 2.09. The number of aromatic nitrogens is 2. The molecule has 0 amide bonds. The minimum absolute atomic E-state index is 0. The lowest BCUT2D eigenvalue weighted by atomic mass is 9.88. The fourth-order valence-corrected chi connectivity index (χ4v) is 5.73. The first-order valence-electron chi connectivity index (χ1n) is 11.8. The monoisotopic (exact) mass is 435 g/mol. The van der Waals surface area contributed by atoms with Crippen LogP contribution in [0.25, 0.3) is 11.0 Å². The number of likely N-dealkylation sites (tertiary alicyclic amines) is 1. The van der Waals surface area contributed by atoms with E-state index in [1.807, 2.05) is 34.3 Å². The predicted molar refractivity (Wildman–Crippen MR) is 126 cm³/mol. The lowest BCUT2D eigenvalue weighted by Crippen LogP contribution is -2.46. The van der Waals surface area contributed by atoms with Crippen LogP contribution in [0.4, 0.5) is 0 Å². The number of rotatable bonds is 5. The van der Waals surface area contributed by atoms with Crippen molar-refractivity contribution < 1.29 is 5.11 Å². The fourth-order valence-electron chi connectivity index (χ4n) is 5.73. The molecular formula is C24H38ClN3O2. The van der Waals surface area contributed by atoms with Crippen molar-refractivity contribution >= 4 is 23.4 Å². The summed E-state index contributed by atoms with van der Waals surface area (Å²) in [6.45, 7) is 5.93. The van der Waals surface area contributed by atoms with E-state index in [0.29, 0.717) is 6.54 Å². The highest BCUT2D eigenvalue weighted by atomic mass is 35.5. The third-order valence-corrected chi connectivity index (χ3v) is 7.27. The summed E-state index contributed by atoms with van der Waals surface area (Å²) in [7, 11) is 0. The Bertz CT molecular complexity index is 854. The first-order chi connectivity index (χ1) is 14.2. The van der Waals surface area contributed by atoms with Gasteiger partial charge in [-0.3, -0.25) is 9.13 Å². The number of hydrogen-bond donors (Lipinski definition) is 1. The minimum Gasteiger partial charge on any atom is -0.396 e. The number of aliphatic hydroxyl groups excluding tert-OH is 1. The normalized spacial score (nSPS) is 24.3. The van der Waals surface area contributed by atoms with Crippen LogP contribution < -0.4 is 5.69 Å². The Balaban J connectivity index is 0.00000256. The molecule has 0 bridgehead atoms. The number of piperidine rings is 1. The largest absolute Gasteiger partial charge is 0.396 e. The first kappa shape index (κ1) is 23.4. The van der Waals surface area contributed by atoms with E-state index in [2.05, 4.69) is 11.0 Å². The zero-order chi connectivity index (χ0) is 20.2. The molecule has 0 radical (unpaired) electrons. The highest BCUT2D eigenvalue weighted by Crippen LogP contribution is 2.32. The summed E-state index contributed by atoms with van der Waals surface area (Å²) in [5, 5.41) is 10.2. The Morgan fingerprint density at radius 3 is 2.33 bits per heavy atom. The van der Waals surface area contributed by atoms with Gasteiger partial charge in [0.25, 0.3) is 0 Å². The Morgan fingerprint density at radius 1 is 1.00 bits per heavy atom. The van der Waals surface area contributed by atoms with E-state index in [4.69, 9.17) is 0 Å². The van der Waals surface area contributed by atoms with Gasteiger partial charge in [-0.2, -0.15) is 0 Å². The molecule has 1 aromatic carbocycles. The van der Waals surface area contributed by atoms with Gasteiger partial charge in [0, 0.05) is 44.7 Å². The third kappa shape index (κ3) is 4.79. The van der Waals surface area contributed by atoms with E-state index >= 15 is 0 Å². The van der Waals surface area contributed by atoms with Crippen molar-refractivity contribution in [3.63, 3.8) is 0 Å². The van der Waals surface area contributed by atoms with Gasteiger partial charge in [-0.1, -0.05) is 44.2 Å². The molecular weight excluding hydrogens is 398 g/mol. The number of imidazole rings is 1. The SMILES string of the molecule is CCn1c(=O)n([C@@H]2CCN(CC3CCCCCCC3)C[C@H]2CO)c2ccccc21.Cl. The Kier molecular flexibility index (Phi) is 8.44. The molecule has 1 aliphatic heterocycles. The highest BCUT2D eigenvalue weighted by molar-refractivity contribution is 5.85. The van der Waals surface area contributed by atoms with E-state index < -0.39 is 0 Å². The zero-order valence-corrected chi connectivity index (χ0v) is 19.2. The maximum Gasteiger partial charge on any atom is 0.329 e. The molecule has 6 heteroatoms. The van der Waals surface area contributed by atoms with Gasteiger partial charge in [0.2, 0.25) is 0 Å². The lowest BCUT2D eigenvalue weighted by Gasteiger charge is -2.40. The van der Waals surface area contributed by atoms with Crippen LogP contribution in [-0.2, 0) is 6.54 Å². The number of para-hydroxylation sites is 2. The first-order valence-corrected chi connectivity index (χ1v) is 11.8. The van der Waals surface area contributed by atoms with Gasteiger partial charge in [-0.25, -0.2) is 4.79 Å². The smallest absolute Gasteiger partial charge is 0.329 e. The van der Waals surface area contributed by atoms with Crippen LogP contribution in [0.1, 0.15) is 64.3 Å². The van der Waals surface area contributed by atoms with E-state index in [1.54, 1.807) is 0 Å². The van der Waals surface area contributed by atoms with Gasteiger partial charge in [-0.15, -0.1) is 12.4 Å². The fraction of sp³-hybridized carbons (Fsp3) is 0.708. The number of nitrogens with zero attached hydrogens (tertiary/aromatic N) is 3. The van der Waals surface area contributed by atoms with Gasteiger partial charge in [0.05, 0.1) is 11.0 Å². The molecule has 30 heavy (non-hydrogen) atoms. The van der Waals surface area contributed by atoms with Crippen LogP contribution in [0.5, 0.6) is 0 Å². The van der Waals surface area contributed by atoms with Crippen molar-refractivity contribution in [1.82, 2.24) is 14.0 Å². The number of fused-ring (bicyclic) bond motifs is 1. The van der Waals surface area contributed by atoms with Crippen molar-refractivity contribution in [1.29, 1.82) is 0 Å². The molecule has 0 spiro atoms. The van der Waals surface area contributed by atoms with Crippen LogP contribution >= 0.6 is 12.4 Å². The van der Waals surface area contributed by atoms with Crippen LogP contribution in [-0.4, -0.2) is 45.4 Å². The molecule has 2 fully saturated rings. The molecule has 1 aliphatic carbocycles. The molecule has 1 saturated heterocycles. The second-order valence-electron chi connectivity index (χ2n) is 9.15. The van der Waals surface area contributed by atoms with Crippen molar-refractivity contribution in [3.05, 3.63) is 34.7 Å². The van der Waals surface area contributed by atoms with Crippen molar-refractivity contribution in [3.8, 4) is 0 Å². The van der Waals surface area contributed by atoms with Crippen molar-refractivity contribution in [2.24, 2.45) is 11.8 Å². The zero-order valence-electron chi connectivity index (χ0n) is 18.3. The highest BCUT2D eigenvalue weighted by Gasteiger charge is 2.33. The van der Waals surface area contributed by atoms with Gasteiger partial charge in [0.1, 0.15) is 0 Å². The van der Waals surface area contributed by atoms with Crippen LogP contribution in [0, 0.1) is 11.8 Å². The minimum atomic E-state index is 0. The molecule has 5 nitrogen and oxygen atoms in total. The van der Waals surface area contributed by atoms with E-state index in [-0.39, 0.29) is 36.7 Å². The molecule has 2 aliphatic rings. The quantitative estimate of drug-likeness (QED) is 0.754. The van der Waals surface area contributed by atoms with E-state index in [1.165, 1.54) is 44.9 Å². The summed E-state index contributed by atoms with van der Waals surface area (Å²) in [4.78, 5) is 15.7. The van der Waals surface area contributed by atoms with Gasteiger partial charge >= 0.3 is 5.69 Å². The molecule has 2 heterocycles. The number of aryl methyl sites for hydroxylation is 1. The number of aliphatic hydroxyl groups is 1. The average Bonchev–Trinajstić information content (AvgIpc) is 3.00. The van der Waals surface area contributed by atoms with Crippen LogP contribution in [0.2, 0.25) is 0 Å². The second-order valence-corrected chi connectivity index (χ2v) is 9.15. The van der Waals surface area contributed by atoms with Crippen LogP contribution in [0.3, 0.4) is 0 Å². The Hall–Kier alpha value is -1.30. The van der Waals surface area contributed by atoms with Gasteiger partial charge in [0.15, 0.2) is 0 Å². The standard InChI is InChI=1S/C24H37N3O2.ClH/c1-2-26-22-12-8-9-13-23(22)27(24(26)29)21-14-15-25(17-20(21)18-28)16-19-10-6-4-3-5-7-11-19;/h8-9,12-13,19-21,28H,2-7,10-11,14-18H2,1H3;1H/t20-,21+;/m0./s1. The summed E-state index contributed by atoms with van der Waals surface area (Å²) in [6, 6.07) is 8.18. The third-order valence-electron chi connectivity index (χ3n) is 7.27. The topological polar surface area (TPSA) is 50.4 Å². The molecule has 1 aromatic heterocycles. The number of hydrogen-bond acceptors (Lipinski definition) is 3. The van der Waals surface area contributed by atoms with Crippen LogP contribution in [0.15, 0.2) is 29.1 Å². The van der Waals surface area contributed by atoms with E-state index in [0.717, 1.165) is 43.0 Å². The molecule has 168 valence electrons. The molecule has 2 aromatic rings. The molecule has 2 atom stereocenters. The Morgan fingerprint density at radius 2 is 1.67 bits per heavy atom. The molecule has 0 unspecified atom stereocenters. The van der Waals surface area contributed by atoms with Crippen molar-refractivity contribution in [2.45, 2.75) is 70.9 Å². The maximum absolute atomic E-state index is 13.2. The Labute approximate surface area is 186 Å². The summed E-state index contributed by atoms with van der Waals surface area (Å²) >= 11 is 0. The second kappa shape index (κ2) is 10.8. The van der Waals surface area contributed by atoms with Gasteiger partial charge in [-0.05, 0) is 44.2 Å². The maximum atomic E-state index is 13.2. The summed E-state index contributed by atoms with van der Waals surface area (Å²) in [6.07, 6.45) is 10.6. The predicted octanol–water partition coefficient (Wildman–Crippen LogP) is 4.46. The van der Waals surface area contributed by atoms with Gasteiger partial charge < -0.3 is 10.0 Å². The molecule has 1 N–H and O–H groups in total. The summed E-state index contributed by atoms with van der Waals surface area (Å²) in [5.74, 6) is 0.919. The molecule has 4 rings (SSSR count). The number of halogens is 1. The average molecular weight is 436 g/mol. The number of benzene rings is 1. The van der Waals surface area contributed by atoms with Crippen molar-refractivity contribution in [2.75, 3.05) is 26.2 Å². The summed E-state index contributed by atoms with van der Waals surface area (Å²) < 4.78 is 3.84. The van der Waals surface area contributed by atoms with E-state index in [9.17, 15) is 9.90 Å².